The molecule has 0 aliphatic carbocycles. The summed E-state index contributed by atoms with van der Waals surface area (Å²) in [5.74, 6) is 2.24. The first-order valence-electron chi connectivity index (χ1n) is 10.3. The van der Waals surface area contributed by atoms with E-state index in [1.807, 2.05) is 91.3 Å². The van der Waals surface area contributed by atoms with Crippen molar-refractivity contribution in [3.05, 3.63) is 96.3 Å². The van der Waals surface area contributed by atoms with Gasteiger partial charge in [0, 0.05) is 19.2 Å². The molecule has 0 saturated carbocycles. The van der Waals surface area contributed by atoms with Gasteiger partial charge in [0.15, 0.2) is 5.16 Å². The Balaban J connectivity index is 1.33. The summed E-state index contributed by atoms with van der Waals surface area (Å²) in [5, 5.41) is 11.9. The molecule has 4 aromatic rings. The van der Waals surface area contributed by atoms with E-state index < -0.39 is 0 Å². The van der Waals surface area contributed by atoms with Crippen molar-refractivity contribution in [2.75, 3.05) is 5.32 Å². The monoisotopic (exact) mass is 444 g/mol. The SMILES string of the molecule is CC(Sc1nnc(Cc2ccccc2)n1C)C(=O)Nc1ccc(Oc2ccccc2)cc1. The third-order valence-electron chi connectivity index (χ3n) is 4.88. The first kappa shape index (κ1) is 21.6. The van der Waals surface area contributed by atoms with Crippen LogP contribution in [0.4, 0.5) is 5.69 Å². The average molecular weight is 445 g/mol. The minimum Gasteiger partial charge on any atom is -0.457 e. The van der Waals surface area contributed by atoms with E-state index in [1.54, 1.807) is 0 Å². The number of carbonyl (C=O) groups is 1. The van der Waals surface area contributed by atoms with Gasteiger partial charge >= 0.3 is 0 Å². The maximum Gasteiger partial charge on any atom is 0.237 e. The van der Waals surface area contributed by atoms with Gasteiger partial charge in [-0.1, -0.05) is 60.3 Å². The van der Waals surface area contributed by atoms with Gasteiger partial charge in [-0.15, -0.1) is 10.2 Å². The topological polar surface area (TPSA) is 69.0 Å². The first-order valence-corrected chi connectivity index (χ1v) is 11.2. The van der Waals surface area contributed by atoms with Crippen LogP contribution in [0.5, 0.6) is 11.5 Å². The summed E-state index contributed by atoms with van der Waals surface area (Å²) in [7, 11) is 1.93. The second kappa shape index (κ2) is 10.2. The summed E-state index contributed by atoms with van der Waals surface area (Å²) in [6.07, 6.45) is 0.697. The fraction of sp³-hybridized carbons (Fsp3) is 0.160. The predicted octanol–water partition coefficient (Wildman–Crippen LogP) is 5.32. The van der Waals surface area contributed by atoms with Crippen LogP contribution in [0.15, 0.2) is 90.1 Å². The number of hydrogen-bond acceptors (Lipinski definition) is 5. The molecule has 0 spiro atoms. The number of nitrogens with one attached hydrogen (secondary N) is 1. The van der Waals surface area contributed by atoms with Crippen LogP contribution in [0.25, 0.3) is 0 Å². The summed E-state index contributed by atoms with van der Waals surface area (Å²) in [6, 6.07) is 27.0. The predicted molar refractivity (Wildman–Crippen MR) is 127 cm³/mol. The fourth-order valence-corrected chi connectivity index (χ4v) is 3.90. The molecule has 0 bridgehead atoms. The maximum atomic E-state index is 12.7. The number of ether oxygens (including phenoxy) is 1. The normalized spacial score (nSPS) is 11.7. The molecule has 0 radical (unpaired) electrons. The number of nitrogens with zero attached hydrogens (tertiary/aromatic N) is 3. The minimum atomic E-state index is -0.331. The van der Waals surface area contributed by atoms with E-state index in [-0.39, 0.29) is 11.2 Å². The summed E-state index contributed by atoms with van der Waals surface area (Å²) in [6.45, 7) is 1.86. The largest absolute Gasteiger partial charge is 0.457 e. The molecule has 6 nitrogen and oxygen atoms in total. The Morgan fingerprint density at radius 3 is 2.25 bits per heavy atom. The molecular formula is C25H24N4O2S. The highest BCUT2D eigenvalue weighted by atomic mass is 32.2. The lowest BCUT2D eigenvalue weighted by molar-refractivity contribution is -0.115. The molecule has 1 unspecified atom stereocenters. The lowest BCUT2D eigenvalue weighted by Gasteiger charge is -2.12. The van der Waals surface area contributed by atoms with Crippen molar-refractivity contribution >= 4 is 23.4 Å². The summed E-state index contributed by atoms with van der Waals surface area (Å²) < 4.78 is 7.73. The summed E-state index contributed by atoms with van der Waals surface area (Å²) in [5.41, 5.74) is 1.88. The van der Waals surface area contributed by atoms with E-state index in [0.29, 0.717) is 23.0 Å². The van der Waals surface area contributed by atoms with E-state index in [2.05, 4.69) is 27.6 Å². The van der Waals surface area contributed by atoms with Crippen LogP contribution in [0, 0.1) is 0 Å². The molecule has 0 aliphatic rings. The van der Waals surface area contributed by atoms with Gasteiger partial charge in [-0.2, -0.15) is 0 Å². The number of rotatable bonds is 8. The molecule has 3 aromatic carbocycles. The number of amides is 1. The Hall–Kier alpha value is -3.58. The van der Waals surface area contributed by atoms with Gasteiger partial charge in [-0.3, -0.25) is 4.79 Å². The highest BCUT2D eigenvalue weighted by Gasteiger charge is 2.19. The van der Waals surface area contributed by atoms with Crippen molar-refractivity contribution in [3.8, 4) is 11.5 Å². The number of anilines is 1. The number of hydrogen-bond donors (Lipinski definition) is 1. The smallest absolute Gasteiger partial charge is 0.237 e. The average Bonchev–Trinajstić information content (AvgIpc) is 3.15. The van der Waals surface area contributed by atoms with Crippen LogP contribution in [-0.2, 0) is 18.3 Å². The number of aromatic nitrogens is 3. The van der Waals surface area contributed by atoms with Crippen molar-refractivity contribution in [2.24, 2.45) is 7.05 Å². The molecule has 0 aliphatic heterocycles. The molecule has 0 fully saturated rings. The van der Waals surface area contributed by atoms with Crippen LogP contribution in [0.1, 0.15) is 18.3 Å². The van der Waals surface area contributed by atoms with Crippen molar-refractivity contribution < 1.29 is 9.53 Å². The lowest BCUT2D eigenvalue weighted by Crippen LogP contribution is -2.22. The number of thioether (sulfide) groups is 1. The first-order chi connectivity index (χ1) is 15.6. The van der Waals surface area contributed by atoms with Gasteiger partial charge in [-0.25, -0.2) is 0 Å². The summed E-state index contributed by atoms with van der Waals surface area (Å²) in [4.78, 5) is 12.7. The maximum absolute atomic E-state index is 12.7. The van der Waals surface area contributed by atoms with Gasteiger partial charge < -0.3 is 14.6 Å². The van der Waals surface area contributed by atoms with Gasteiger partial charge in [-0.05, 0) is 48.9 Å². The molecule has 1 N–H and O–H groups in total. The van der Waals surface area contributed by atoms with Crippen LogP contribution in [-0.4, -0.2) is 25.9 Å². The Bertz CT molecular complexity index is 1160. The molecule has 4 rings (SSSR count). The zero-order chi connectivity index (χ0) is 22.3. The third kappa shape index (κ3) is 5.56. The number of para-hydroxylation sites is 1. The second-order valence-electron chi connectivity index (χ2n) is 7.31. The number of benzene rings is 3. The Labute approximate surface area is 191 Å². The van der Waals surface area contributed by atoms with E-state index in [1.165, 1.54) is 17.3 Å². The zero-order valence-corrected chi connectivity index (χ0v) is 18.8. The van der Waals surface area contributed by atoms with E-state index in [4.69, 9.17) is 4.74 Å². The Kier molecular flexibility index (Phi) is 6.87. The molecule has 1 aromatic heterocycles. The van der Waals surface area contributed by atoms with Crippen molar-refractivity contribution in [1.29, 1.82) is 0 Å². The Morgan fingerprint density at radius 2 is 1.56 bits per heavy atom. The highest BCUT2D eigenvalue weighted by molar-refractivity contribution is 8.00. The fourth-order valence-electron chi connectivity index (χ4n) is 3.07. The van der Waals surface area contributed by atoms with Crippen molar-refractivity contribution in [2.45, 2.75) is 23.8 Å². The van der Waals surface area contributed by atoms with Crippen LogP contribution in [0.2, 0.25) is 0 Å². The quantitative estimate of drug-likeness (QED) is 0.373. The van der Waals surface area contributed by atoms with Gasteiger partial charge in [0.25, 0.3) is 0 Å². The van der Waals surface area contributed by atoms with Gasteiger partial charge in [0.1, 0.15) is 17.3 Å². The molecule has 0 saturated heterocycles. The lowest BCUT2D eigenvalue weighted by atomic mass is 10.1. The second-order valence-corrected chi connectivity index (χ2v) is 8.62. The van der Waals surface area contributed by atoms with Crippen LogP contribution in [0.3, 0.4) is 0 Å². The molecule has 1 amide bonds. The minimum absolute atomic E-state index is 0.0978. The molecule has 32 heavy (non-hydrogen) atoms. The molecule has 162 valence electrons. The van der Waals surface area contributed by atoms with Gasteiger partial charge in [0.05, 0.1) is 5.25 Å². The van der Waals surface area contributed by atoms with Gasteiger partial charge in [0.2, 0.25) is 5.91 Å². The number of carbonyl (C=O) groups excluding carboxylic acids is 1. The summed E-state index contributed by atoms with van der Waals surface area (Å²) >= 11 is 1.39. The van der Waals surface area contributed by atoms with E-state index in [9.17, 15) is 4.79 Å². The molecule has 7 heteroatoms. The van der Waals surface area contributed by atoms with Crippen molar-refractivity contribution in [1.82, 2.24) is 14.8 Å². The standard InChI is InChI=1S/C25H24N4O2S/c1-18(32-25-28-27-23(29(25)2)17-19-9-5-3-6-10-19)24(30)26-20-13-15-22(16-14-20)31-21-11-7-4-8-12-21/h3-16,18H,17H2,1-2H3,(H,26,30). The molecule has 1 atom stereocenters. The van der Waals surface area contributed by atoms with Crippen LogP contribution >= 0.6 is 11.8 Å². The van der Waals surface area contributed by atoms with E-state index in [0.717, 1.165) is 11.6 Å². The molecule has 1 heterocycles. The van der Waals surface area contributed by atoms with Crippen molar-refractivity contribution in [3.63, 3.8) is 0 Å². The highest BCUT2D eigenvalue weighted by Crippen LogP contribution is 2.25. The Morgan fingerprint density at radius 1 is 0.938 bits per heavy atom. The third-order valence-corrected chi connectivity index (χ3v) is 6.02. The van der Waals surface area contributed by atoms with E-state index >= 15 is 0 Å². The molecular weight excluding hydrogens is 420 g/mol. The zero-order valence-electron chi connectivity index (χ0n) is 17.9. The van der Waals surface area contributed by atoms with Crippen LogP contribution < -0.4 is 10.1 Å².